The summed E-state index contributed by atoms with van der Waals surface area (Å²) < 4.78 is 32.1. The van der Waals surface area contributed by atoms with Gasteiger partial charge in [-0.3, -0.25) is 4.79 Å². The minimum absolute atomic E-state index is 0.0384. The summed E-state index contributed by atoms with van der Waals surface area (Å²) in [5.74, 6) is 5.26. The number of carboxylic acid groups (broad SMARTS) is 1. The summed E-state index contributed by atoms with van der Waals surface area (Å²) in [5.41, 5.74) is -0.587. The number of para-hydroxylation sites is 1. The standard InChI is InChI=1S/C15H17NO6S.C10H10O/c17-13(18)15(11-23(20)21)6-8-16(9-7-15)14(19)22-10-12-4-2-1-3-5-12;1-2-3-9-11-10-7-5-4-6-8-10/h1-5,11H,6-10H2,(H,17,18);4-8H,9H2,1H3. The number of carboxylic acids is 1. The number of piperidine rings is 1. The van der Waals surface area contributed by atoms with Crippen LogP contribution in [0.5, 0.6) is 5.75 Å². The van der Waals surface area contributed by atoms with E-state index in [1.807, 2.05) is 60.7 Å². The first-order valence-corrected chi connectivity index (χ1v) is 11.7. The van der Waals surface area contributed by atoms with Gasteiger partial charge >= 0.3 is 12.1 Å². The zero-order valence-electron chi connectivity index (χ0n) is 18.8. The molecule has 0 unspecified atom stereocenters. The van der Waals surface area contributed by atoms with Crippen LogP contribution in [0.1, 0.15) is 25.3 Å². The smallest absolute Gasteiger partial charge is 0.410 e. The summed E-state index contributed by atoms with van der Waals surface area (Å²) in [6.07, 6.45) is -0.455. The Balaban J connectivity index is 0.000000310. The molecule has 3 rings (SSSR count). The van der Waals surface area contributed by atoms with Crippen molar-refractivity contribution in [3.63, 3.8) is 0 Å². The second kappa shape index (κ2) is 13.7. The van der Waals surface area contributed by atoms with E-state index in [9.17, 15) is 23.1 Å². The van der Waals surface area contributed by atoms with Crippen LogP contribution in [0.4, 0.5) is 4.79 Å². The summed E-state index contributed by atoms with van der Waals surface area (Å²) in [4.78, 5) is 24.8. The average Bonchev–Trinajstić information content (AvgIpc) is 2.84. The quantitative estimate of drug-likeness (QED) is 0.494. The van der Waals surface area contributed by atoms with E-state index in [4.69, 9.17) is 9.47 Å². The van der Waals surface area contributed by atoms with Gasteiger partial charge in [0.05, 0.1) is 5.37 Å². The molecule has 1 aliphatic heterocycles. The third-order valence-corrected chi connectivity index (χ3v) is 5.74. The highest BCUT2D eigenvalue weighted by Gasteiger charge is 2.42. The number of likely N-dealkylation sites (tertiary alicyclic amines) is 1. The molecule has 0 aliphatic carbocycles. The van der Waals surface area contributed by atoms with Gasteiger partial charge in [-0.15, -0.1) is 5.92 Å². The van der Waals surface area contributed by atoms with Gasteiger partial charge in [0.2, 0.25) is 10.3 Å². The highest BCUT2D eigenvalue weighted by molar-refractivity contribution is 7.71. The molecule has 0 aromatic heterocycles. The molecule has 1 saturated heterocycles. The van der Waals surface area contributed by atoms with Crippen LogP contribution in [0.3, 0.4) is 0 Å². The van der Waals surface area contributed by atoms with Gasteiger partial charge in [-0.1, -0.05) is 54.5 Å². The second-order valence-corrected chi connectivity index (χ2v) is 8.15. The Morgan fingerprint density at radius 2 is 1.65 bits per heavy atom. The monoisotopic (exact) mass is 485 g/mol. The summed E-state index contributed by atoms with van der Waals surface area (Å²) in [5, 5.41) is 10.1. The number of aliphatic carboxylic acids is 1. The fourth-order valence-corrected chi connectivity index (χ4v) is 3.88. The number of carbonyl (C=O) groups is 2. The molecule has 1 amide bonds. The lowest BCUT2D eigenvalue weighted by Crippen LogP contribution is -2.47. The Bertz CT molecular complexity index is 1120. The largest absolute Gasteiger partial charge is 0.481 e. The second-order valence-electron chi connectivity index (χ2n) is 7.40. The van der Waals surface area contributed by atoms with E-state index in [2.05, 4.69) is 11.8 Å². The van der Waals surface area contributed by atoms with Gasteiger partial charge in [-0.25, -0.2) is 4.79 Å². The first-order valence-electron chi connectivity index (χ1n) is 10.6. The van der Waals surface area contributed by atoms with E-state index in [0.717, 1.165) is 16.7 Å². The summed E-state index contributed by atoms with van der Waals surface area (Å²) in [6.45, 7) is 2.67. The van der Waals surface area contributed by atoms with Crippen molar-refractivity contribution in [2.45, 2.75) is 26.4 Å². The van der Waals surface area contributed by atoms with Crippen LogP contribution in [-0.2, 0) is 26.4 Å². The molecule has 2 aromatic carbocycles. The van der Waals surface area contributed by atoms with Crippen molar-refractivity contribution in [3.05, 3.63) is 66.2 Å². The lowest BCUT2D eigenvalue weighted by molar-refractivity contribution is -0.146. The average molecular weight is 486 g/mol. The zero-order chi connectivity index (χ0) is 24.8. The van der Waals surface area contributed by atoms with Crippen molar-refractivity contribution in [3.8, 4) is 17.6 Å². The summed E-state index contributed by atoms with van der Waals surface area (Å²) in [6, 6.07) is 18.9. The first-order chi connectivity index (χ1) is 16.4. The van der Waals surface area contributed by atoms with Crippen molar-refractivity contribution >= 4 is 27.7 Å². The third-order valence-electron chi connectivity index (χ3n) is 5.10. The molecule has 1 N–H and O–H groups in total. The van der Waals surface area contributed by atoms with Gasteiger partial charge in [-0.2, -0.15) is 8.42 Å². The lowest BCUT2D eigenvalue weighted by Gasteiger charge is -2.35. The van der Waals surface area contributed by atoms with Gasteiger partial charge in [0.1, 0.15) is 24.4 Å². The molecule has 0 bridgehead atoms. The Morgan fingerprint density at radius 1 is 1.06 bits per heavy atom. The van der Waals surface area contributed by atoms with E-state index >= 15 is 0 Å². The molecule has 0 spiro atoms. The van der Waals surface area contributed by atoms with Crippen LogP contribution in [0.2, 0.25) is 0 Å². The van der Waals surface area contributed by atoms with Crippen molar-refractivity contribution in [1.29, 1.82) is 0 Å². The molecule has 0 radical (unpaired) electrons. The fraction of sp³-hybridized carbons (Fsp3) is 0.320. The molecule has 9 heteroatoms. The predicted octanol–water partition coefficient (Wildman–Crippen LogP) is 3.26. The van der Waals surface area contributed by atoms with E-state index in [1.165, 1.54) is 4.90 Å². The molecule has 0 atom stereocenters. The SMILES string of the molecule is CC#CCOc1ccccc1.O=C(OCc1ccccc1)N1CCC(C=S(=O)=O)(C(=O)O)CC1. The van der Waals surface area contributed by atoms with Crippen LogP contribution >= 0.6 is 0 Å². The zero-order valence-corrected chi connectivity index (χ0v) is 19.7. The van der Waals surface area contributed by atoms with Crippen molar-refractivity contribution in [2.75, 3.05) is 19.7 Å². The van der Waals surface area contributed by atoms with Crippen LogP contribution in [-0.4, -0.2) is 55.6 Å². The van der Waals surface area contributed by atoms with Crippen LogP contribution in [0.25, 0.3) is 0 Å². The molecule has 34 heavy (non-hydrogen) atoms. The fourth-order valence-electron chi connectivity index (χ4n) is 3.17. The maximum Gasteiger partial charge on any atom is 0.410 e. The molecule has 1 aliphatic rings. The maximum atomic E-state index is 12.0. The van der Waals surface area contributed by atoms with Crippen molar-refractivity contribution < 1.29 is 32.6 Å². The number of benzene rings is 2. The number of nitrogens with zero attached hydrogens (tertiary/aromatic N) is 1. The van der Waals surface area contributed by atoms with Crippen LogP contribution < -0.4 is 4.74 Å². The molecular weight excluding hydrogens is 458 g/mol. The maximum absolute atomic E-state index is 12.0. The number of amides is 1. The van der Waals surface area contributed by atoms with Crippen molar-refractivity contribution in [2.24, 2.45) is 5.41 Å². The highest BCUT2D eigenvalue weighted by atomic mass is 32.2. The van der Waals surface area contributed by atoms with Gasteiger partial charge in [0.25, 0.3) is 0 Å². The minimum Gasteiger partial charge on any atom is -0.481 e. The minimum atomic E-state index is -2.56. The topological polar surface area (TPSA) is 110 Å². The Kier molecular flexibility index (Phi) is 10.7. The molecule has 2 aromatic rings. The number of hydrogen-bond acceptors (Lipinski definition) is 6. The molecule has 8 nitrogen and oxygen atoms in total. The first kappa shape index (κ1) is 26.5. The van der Waals surface area contributed by atoms with E-state index in [0.29, 0.717) is 6.61 Å². The van der Waals surface area contributed by atoms with E-state index in [1.54, 1.807) is 6.92 Å². The van der Waals surface area contributed by atoms with E-state index in [-0.39, 0.29) is 32.5 Å². The summed E-state index contributed by atoms with van der Waals surface area (Å²) in [7, 11) is -2.56. The Labute approximate surface area is 200 Å². The predicted molar refractivity (Wildman–Crippen MR) is 128 cm³/mol. The number of carbonyl (C=O) groups excluding carboxylic acids is 1. The number of ether oxygens (including phenoxy) is 2. The highest BCUT2D eigenvalue weighted by Crippen LogP contribution is 2.30. The van der Waals surface area contributed by atoms with Gasteiger partial charge < -0.3 is 19.5 Å². The van der Waals surface area contributed by atoms with E-state index < -0.39 is 27.8 Å². The van der Waals surface area contributed by atoms with Crippen LogP contribution in [0, 0.1) is 17.3 Å². The Morgan fingerprint density at radius 3 is 2.18 bits per heavy atom. The summed E-state index contributed by atoms with van der Waals surface area (Å²) >= 11 is 0. The normalized spacial score (nSPS) is 13.7. The molecule has 180 valence electrons. The number of hydrogen-bond donors (Lipinski definition) is 1. The lowest BCUT2D eigenvalue weighted by atomic mass is 9.80. The molecule has 1 heterocycles. The van der Waals surface area contributed by atoms with Crippen molar-refractivity contribution in [1.82, 2.24) is 4.90 Å². The number of rotatable bonds is 6. The molecule has 1 fully saturated rings. The van der Waals surface area contributed by atoms with Gasteiger partial charge in [0.15, 0.2) is 0 Å². The Hall–Kier alpha value is -3.77. The molecule has 0 saturated carbocycles. The molecular formula is C25H27NO7S. The van der Waals surface area contributed by atoms with Crippen LogP contribution in [0.15, 0.2) is 60.7 Å². The third kappa shape index (κ3) is 8.64. The van der Waals surface area contributed by atoms with Gasteiger partial charge in [0, 0.05) is 13.1 Å². The van der Waals surface area contributed by atoms with Gasteiger partial charge in [-0.05, 0) is 37.5 Å².